The molecular formula is C18H16BrClN2O. The minimum absolute atomic E-state index is 0.244. The first-order valence-corrected chi connectivity index (χ1v) is 8.14. The van der Waals surface area contributed by atoms with Crippen LogP contribution in [0.5, 0.6) is 0 Å². The van der Waals surface area contributed by atoms with Crippen LogP contribution >= 0.6 is 27.5 Å². The first-order valence-electron chi connectivity index (χ1n) is 6.97. The molecule has 5 heteroatoms. The number of hydrogen-bond donors (Lipinski definition) is 1. The van der Waals surface area contributed by atoms with Gasteiger partial charge in [0, 0.05) is 24.1 Å². The second-order valence-electron chi connectivity index (χ2n) is 5.02. The fraction of sp³-hybridized carbons (Fsp3) is 0.167. The van der Waals surface area contributed by atoms with Crippen molar-refractivity contribution in [2.24, 2.45) is 0 Å². The van der Waals surface area contributed by atoms with E-state index in [0.717, 1.165) is 15.7 Å². The molecule has 0 unspecified atom stereocenters. The minimum Gasteiger partial charge on any atom is -0.377 e. The number of halogens is 2. The summed E-state index contributed by atoms with van der Waals surface area (Å²) in [6.07, 6.45) is 0. The summed E-state index contributed by atoms with van der Waals surface area (Å²) in [5.41, 5.74) is 2.39. The summed E-state index contributed by atoms with van der Waals surface area (Å²) in [7, 11) is 3.94. The molecule has 0 aliphatic rings. The highest BCUT2D eigenvalue weighted by molar-refractivity contribution is 9.10. The summed E-state index contributed by atoms with van der Waals surface area (Å²) in [4.78, 5) is 14.1. The Morgan fingerprint density at radius 2 is 2.00 bits per heavy atom. The lowest BCUT2D eigenvalue weighted by Crippen LogP contribution is -2.23. The van der Waals surface area contributed by atoms with Crippen molar-refractivity contribution >= 4 is 39.1 Å². The van der Waals surface area contributed by atoms with Crippen molar-refractivity contribution in [3.63, 3.8) is 0 Å². The zero-order valence-corrected chi connectivity index (χ0v) is 15.2. The van der Waals surface area contributed by atoms with Crippen LogP contribution < -0.4 is 10.2 Å². The molecule has 2 aromatic carbocycles. The highest BCUT2D eigenvalue weighted by Crippen LogP contribution is 2.20. The van der Waals surface area contributed by atoms with Gasteiger partial charge in [0.25, 0.3) is 5.91 Å². The fourth-order valence-corrected chi connectivity index (χ4v) is 2.56. The van der Waals surface area contributed by atoms with E-state index in [0.29, 0.717) is 10.6 Å². The summed E-state index contributed by atoms with van der Waals surface area (Å²) in [5, 5.41) is 3.17. The van der Waals surface area contributed by atoms with Gasteiger partial charge < -0.3 is 10.2 Å². The molecule has 2 aromatic rings. The summed E-state index contributed by atoms with van der Waals surface area (Å²) < 4.78 is 0.804. The molecular weight excluding hydrogens is 376 g/mol. The molecule has 0 spiro atoms. The van der Waals surface area contributed by atoms with Crippen LogP contribution in [0, 0.1) is 11.8 Å². The largest absolute Gasteiger partial charge is 0.377 e. The van der Waals surface area contributed by atoms with Gasteiger partial charge >= 0.3 is 0 Å². The van der Waals surface area contributed by atoms with Crippen LogP contribution in [-0.2, 0) is 0 Å². The quantitative estimate of drug-likeness (QED) is 0.804. The SMILES string of the molecule is CN(C)c1ccccc1C#CCNC(=O)c1cc(Br)ccc1Cl. The zero-order chi connectivity index (χ0) is 16.8. The summed E-state index contributed by atoms with van der Waals surface area (Å²) in [6, 6.07) is 13.0. The van der Waals surface area contributed by atoms with E-state index < -0.39 is 0 Å². The maximum Gasteiger partial charge on any atom is 0.253 e. The van der Waals surface area contributed by atoms with Crippen molar-refractivity contribution in [1.29, 1.82) is 0 Å². The lowest BCUT2D eigenvalue weighted by molar-refractivity contribution is 0.0959. The van der Waals surface area contributed by atoms with E-state index >= 15 is 0 Å². The van der Waals surface area contributed by atoms with Crippen molar-refractivity contribution in [2.75, 3.05) is 25.5 Å². The van der Waals surface area contributed by atoms with Crippen LogP contribution in [0.4, 0.5) is 5.69 Å². The molecule has 0 saturated heterocycles. The van der Waals surface area contributed by atoms with Crippen molar-refractivity contribution in [3.05, 3.63) is 63.1 Å². The van der Waals surface area contributed by atoms with Crippen LogP contribution in [0.25, 0.3) is 0 Å². The minimum atomic E-state index is -0.244. The average molecular weight is 392 g/mol. The van der Waals surface area contributed by atoms with Gasteiger partial charge in [-0.05, 0) is 30.3 Å². The van der Waals surface area contributed by atoms with E-state index in [4.69, 9.17) is 11.6 Å². The maximum absolute atomic E-state index is 12.1. The molecule has 2 rings (SSSR count). The Kier molecular flexibility index (Phi) is 6.09. The van der Waals surface area contributed by atoms with Crippen molar-refractivity contribution < 1.29 is 4.79 Å². The van der Waals surface area contributed by atoms with Crippen LogP contribution in [-0.4, -0.2) is 26.5 Å². The number of anilines is 1. The highest BCUT2D eigenvalue weighted by atomic mass is 79.9. The molecule has 1 amide bonds. The standard InChI is InChI=1S/C18H16BrClN2O/c1-22(2)17-8-4-3-6-13(17)7-5-11-21-18(23)15-12-14(19)9-10-16(15)20/h3-4,6,8-10,12H,11H2,1-2H3,(H,21,23). The lowest BCUT2D eigenvalue weighted by Gasteiger charge is -2.13. The van der Waals surface area contributed by atoms with Gasteiger partial charge in [-0.3, -0.25) is 4.79 Å². The monoisotopic (exact) mass is 390 g/mol. The Bertz CT molecular complexity index is 778. The van der Waals surface area contributed by atoms with Crippen LogP contribution in [0.3, 0.4) is 0 Å². The predicted molar refractivity (Wildman–Crippen MR) is 99.1 cm³/mol. The van der Waals surface area contributed by atoms with Gasteiger partial charge in [-0.25, -0.2) is 0 Å². The van der Waals surface area contributed by atoms with E-state index in [2.05, 4.69) is 33.1 Å². The number of carbonyl (C=O) groups is 1. The maximum atomic E-state index is 12.1. The van der Waals surface area contributed by atoms with E-state index in [1.165, 1.54) is 0 Å². The lowest BCUT2D eigenvalue weighted by atomic mass is 10.1. The number of para-hydroxylation sites is 1. The topological polar surface area (TPSA) is 32.3 Å². The molecule has 23 heavy (non-hydrogen) atoms. The third-order valence-corrected chi connectivity index (χ3v) is 3.94. The number of nitrogens with zero attached hydrogens (tertiary/aromatic N) is 1. The number of amides is 1. The number of hydrogen-bond acceptors (Lipinski definition) is 2. The molecule has 0 fully saturated rings. The molecule has 0 heterocycles. The zero-order valence-electron chi connectivity index (χ0n) is 12.9. The van der Waals surface area contributed by atoms with Gasteiger partial charge in [-0.2, -0.15) is 0 Å². The number of rotatable bonds is 3. The van der Waals surface area contributed by atoms with Gasteiger partial charge in [0.15, 0.2) is 0 Å². The van der Waals surface area contributed by atoms with Gasteiger partial charge in [0.05, 0.1) is 22.8 Å². The van der Waals surface area contributed by atoms with Crippen LogP contribution in [0.2, 0.25) is 5.02 Å². The molecule has 0 atom stereocenters. The van der Waals surface area contributed by atoms with Crippen molar-refractivity contribution in [1.82, 2.24) is 5.32 Å². The molecule has 1 N–H and O–H groups in total. The molecule has 0 saturated carbocycles. The Morgan fingerprint density at radius 1 is 1.26 bits per heavy atom. The highest BCUT2D eigenvalue weighted by Gasteiger charge is 2.09. The molecule has 0 aliphatic heterocycles. The Balaban J connectivity index is 2.04. The number of benzene rings is 2. The smallest absolute Gasteiger partial charge is 0.253 e. The Hall–Kier alpha value is -1.96. The predicted octanol–water partition coefficient (Wildman–Crippen LogP) is 3.95. The number of carbonyl (C=O) groups excluding carboxylic acids is 1. The number of nitrogens with one attached hydrogen (secondary N) is 1. The molecule has 0 bridgehead atoms. The second-order valence-corrected chi connectivity index (χ2v) is 6.34. The third-order valence-electron chi connectivity index (χ3n) is 3.12. The van der Waals surface area contributed by atoms with Crippen molar-refractivity contribution in [3.8, 4) is 11.8 Å². The van der Waals surface area contributed by atoms with E-state index in [1.807, 2.05) is 43.3 Å². The summed E-state index contributed by atoms with van der Waals surface area (Å²) >= 11 is 9.36. The van der Waals surface area contributed by atoms with E-state index in [1.54, 1.807) is 18.2 Å². The molecule has 0 aliphatic carbocycles. The van der Waals surface area contributed by atoms with Crippen LogP contribution in [0.1, 0.15) is 15.9 Å². The van der Waals surface area contributed by atoms with Gasteiger partial charge in [0.1, 0.15) is 0 Å². The van der Waals surface area contributed by atoms with Gasteiger partial charge in [0.2, 0.25) is 0 Å². The first-order chi connectivity index (χ1) is 11.0. The van der Waals surface area contributed by atoms with Crippen molar-refractivity contribution in [2.45, 2.75) is 0 Å². The fourth-order valence-electron chi connectivity index (χ4n) is 2.00. The van der Waals surface area contributed by atoms with E-state index in [9.17, 15) is 4.79 Å². The van der Waals surface area contributed by atoms with Gasteiger partial charge in [-0.15, -0.1) is 0 Å². The third kappa shape index (κ3) is 4.75. The average Bonchev–Trinajstić information content (AvgIpc) is 2.53. The van der Waals surface area contributed by atoms with Gasteiger partial charge in [-0.1, -0.05) is 51.5 Å². The molecule has 0 aromatic heterocycles. The second kappa shape index (κ2) is 8.05. The molecule has 0 radical (unpaired) electrons. The first kappa shape index (κ1) is 17.4. The molecule has 3 nitrogen and oxygen atoms in total. The normalized spacial score (nSPS) is 9.74. The van der Waals surface area contributed by atoms with Crippen LogP contribution in [0.15, 0.2) is 46.9 Å². The Morgan fingerprint density at radius 3 is 2.74 bits per heavy atom. The van der Waals surface area contributed by atoms with E-state index in [-0.39, 0.29) is 12.5 Å². The summed E-state index contributed by atoms with van der Waals surface area (Å²) in [6.45, 7) is 0.253. The Labute approximate surface area is 149 Å². The summed E-state index contributed by atoms with van der Waals surface area (Å²) in [5.74, 6) is 5.80. The molecule has 118 valence electrons.